The van der Waals surface area contributed by atoms with Crippen molar-refractivity contribution in [1.29, 1.82) is 0 Å². The first-order valence-corrected chi connectivity index (χ1v) is 7.92. The summed E-state index contributed by atoms with van der Waals surface area (Å²) < 4.78 is -0.170. The lowest BCUT2D eigenvalue weighted by Gasteiger charge is -2.19. The van der Waals surface area contributed by atoms with Gasteiger partial charge in [0.05, 0.1) is 10.5 Å². The predicted molar refractivity (Wildman–Crippen MR) is 93.1 cm³/mol. The topological polar surface area (TPSA) is 72.2 Å². The molecule has 0 atom stereocenters. The van der Waals surface area contributed by atoms with Crippen LogP contribution in [-0.4, -0.2) is 15.6 Å². The number of amides is 1. The SMILES string of the molecule is CC(C)(C)Sc1cc([N+](=O)[O-])ccc1C(=O)Nc1ccccc1. The van der Waals surface area contributed by atoms with Crippen molar-refractivity contribution in [1.82, 2.24) is 0 Å². The Morgan fingerprint density at radius 1 is 1.13 bits per heavy atom. The van der Waals surface area contributed by atoms with Crippen molar-refractivity contribution in [3.05, 3.63) is 64.2 Å². The van der Waals surface area contributed by atoms with E-state index < -0.39 is 4.92 Å². The molecule has 1 amide bonds. The Kier molecular flexibility index (Phi) is 5.05. The molecule has 2 rings (SSSR count). The Morgan fingerprint density at radius 2 is 1.78 bits per heavy atom. The monoisotopic (exact) mass is 330 g/mol. The predicted octanol–water partition coefficient (Wildman–Crippen LogP) is 4.74. The number of hydrogen-bond acceptors (Lipinski definition) is 4. The lowest BCUT2D eigenvalue weighted by Crippen LogP contribution is -2.15. The van der Waals surface area contributed by atoms with Crippen molar-refractivity contribution in [3.8, 4) is 0 Å². The molecule has 1 N–H and O–H groups in total. The quantitative estimate of drug-likeness (QED) is 0.499. The first-order valence-electron chi connectivity index (χ1n) is 7.10. The molecule has 0 aliphatic carbocycles. The van der Waals surface area contributed by atoms with Crippen LogP contribution in [0.4, 0.5) is 11.4 Å². The van der Waals surface area contributed by atoms with Crippen molar-refractivity contribution < 1.29 is 9.72 Å². The van der Waals surface area contributed by atoms with Gasteiger partial charge in [-0.2, -0.15) is 0 Å². The second-order valence-corrected chi connectivity index (χ2v) is 7.84. The molecule has 0 bridgehead atoms. The summed E-state index contributed by atoms with van der Waals surface area (Å²) in [5.41, 5.74) is 1.09. The highest BCUT2D eigenvalue weighted by atomic mass is 32.2. The van der Waals surface area contributed by atoms with E-state index in [0.29, 0.717) is 16.1 Å². The first-order chi connectivity index (χ1) is 10.8. The average Bonchev–Trinajstić information content (AvgIpc) is 2.46. The fourth-order valence-electron chi connectivity index (χ4n) is 1.95. The number of para-hydroxylation sites is 1. The van der Waals surface area contributed by atoms with E-state index in [1.165, 1.54) is 30.0 Å². The number of nitro groups is 1. The molecule has 120 valence electrons. The number of carbonyl (C=O) groups is 1. The van der Waals surface area contributed by atoms with Crippen LogP contribution < -0.4 is 5.32 Å². The first kappa shape index (κ1) is 17.0. The number of carbonyl (C=O) groups excluding carboxylic acids is 1. The van der Waals surface area contributed by atoms with Crippen LogP contribution in [-0.2, 0) is 0 Å². The maximum Gasteiger partial charge on any atom is 0.270 e. The summed E-state index contributed by atoms with van der Waals surface area (Å²) >= 11 is 1.43. The molecule has 5 nitrogen and oxygen atoms in total. The molecule has 2 aromatic rings. The number of rotatable bonds is 4. The van der Waals surface area contributed by atoms with Gasteiger partial charge in [-0.25, -0.2) is 0 Å². The molecule has 0 aliphatic rings. The second-order valence-electron chi connectivity index (χ2n) is 5.97. The number of nitrogens with one attached hydrogen (secondary N) is 1. The van der Waals surface area contributed by atoms with Crippen molar-refractivity contribution in [2.75, 3.05) is 5.32 Å². The Labute approximate surface area is 139 Å². The van der Waals surface area contributed by atoms with Crippen molar-refractivity contribution in [3.63, 3.8) is 0 Å². The molecule has 0 fully saturated rings. The zero-order valence-corrected chi connectivity index (χ0v) is 14.0. The molecule has 0 saturated carbocycles. The minimum Gasteiger partial charge on any atom is -0.322 e. The van der Waals surface area contributed by atoms with Crippen LogP contribution in [0, 0.1) is 10.1 Å². The summed E-state index contributed by atoms with van der Waals surface area (Å²) in [7, 11) is 0. The number of nitrogens with zero attached hydrogens (tertiary/aromatic N) is 1. The van der Waals surface area contributed by atoms with Gasteiger partial charge in [-0.1, -0.05) is 39.0 Å². The fourth-order valence-corrected chi connectivity index (χ4v) is 3.06. The van der Waals surface area contributed by atoms with Crippen molar-refractivity contribution >= 4 is 29.0 Å². The van der Waals surface area contributed by atoms with Gasteiger partial charge >= 0.3 is 0 Å². The molecule has 2 aromatic carbocycles. The normalized spacial score (nSPS) is 11.1. The molecule has 0 aliphatic heterocycles. The lowest BCUT2D eigenvalue weighted by atomic mass is 10.2. The molecule has 0 spiro atoms. The van der Waals surface area contributed by atoms with Gasteiger partial charge in [0.25, 0.3) is 11.6 Å². The second kappa shape index (κ2) is 6.83. The highest BCUT2D eigenvalue weighted by molar-refractivity contribution is 8.00. The zero-order valence-electron chi connectivity index (χ0n) is 13.2. The van der Waals surface area contributed by atoms with Crippen LogP contribution in [0.25, 0.3) is 0 Å². The lowest BCUT2D eigenvalue weighted by molar-refractivity contribution is -0.385. The molecular formula is C17H18N2O3S. The Balaban J connectivity index is 2.36. The highest BCUT2D eigenvalue weighted by Gasteiger charge is 2.21. The summed E-state index contributed by atoms with van der Waals surface area (Å²) in [5, 5.41) is 13.8. The van der Waals surface area contributed by atoms with Gasteiger partial charge in [0.2, 0.25) is 0 Å². The van der Waals surface area contributed by atoms with Crippen LogP contribution in [0.2, 0.25) is 0 Å². The molecule has 23 heavy (non-hydrogen) atoms. The number of non-ortho nitro benzene ring substituents is 1. The third-order valence-electron chi connectivity index (χ3n) is 2.87. The van der Waals surface area contributed by atoms with Crippen LogP contribution in [0.5, 0.6) is 0 Å². The van der Waals surface area contributed by atoms with Gasteiger partial charge in [0.15, 0.2) is 0 Å². The number of thioether (sulfide) groups is 1. The number of hydrogen-bond donors (Lipinski definition) is 1. The summed E-state index contributed by atoms with van der Waals surface area (Å²) in [5.74, 6) is -0.280. The summed E-state index contributed by atoms with van der Waals surface area (Å²) in [4.78, 5) is 23.6. The van der Waals surface area contributed by atoms with Gasteiger partial charge in [0.1, 0.15) is 0 Å². The standard InChI is InChI=1S/C17H18N2O3S/c1-17(2,3)23-15-11-13(19(21)22)9-10-14(15)16(20)18-12-7-5-4-6-8-12/h4-11H,1-3H3,(H,18,20). The molecule has 6 heteroatoms. The van der Waals surface area contributed by atoms with Crippen LogP contribution >= 0.6 is 11.8 Å². The van der Waals surface area contributed by atoms with Gasteiger partial charge in [-0.05, 0) is 18.2 Å². The Hall–Kier alpha value is -2.34. The van der Waals surface area contributed by atoms with E-state index in [-0.39, 0.29) is 16.3 Å². The van der Waals surface area contributed by atoms with Crippen LogP contribution in [0.3, 0.4) is 0 Å². The fraction of sp³-hybridized carbons (Fsp3) is 0.235. The van der Waals surface area contributed by atoms with Crippen LogP contribution in [0.1, 0.15) is 31.1 Å². The van der Waals surface area contributed by atoms with Gasteiger partial charge in [0, 0.05) is 27.5 Å². The molecule has 0 aromatic heterocycles. The van der Waals surface area contributed by atoms with E-state index in [2.05, 4.69) is 5.32 Å². The van der Waals surface area contributed by atoms with Gasteiger partial charge in [-0.15, -0.1) is 11.8 Å². The van der Waals surface area contributed by atoms with E-state index in [1.807, 2.05) is 39.0 Å². The zero-order chi connectivity index (χ0) is 17.0. The minimum absolute atomic E-state index is 0.0204. The smallest absolute Gasteiger partial charge is 0.270 e. The molecule has 0 saturated heterocycles. The van der Waals surface area contributed by atoms with E-state index in [9.17, 15) is 14.9 Å². The van der Waals surface area contributed by atoms with E-state index in [0.717, 1.165) is 0 Å². The minimum atomic E-state index is -0.453. The largest absolute Gasteiger partial charge is 0.322 e. The molecule has 0 radical (unpaired) electrons. The third-order valence-corrected chi connectivity index (χ3v) is 4.04. The van der Waals surface area contributed by atoms with Gasteiger partial charge < -0.3 is 5.32 Å². The van der Waals surface area contributed by atoms with Crippen LogP contribution in [0.15, 0.2) is 53.4 Å². The average molecular weight is 330 g/mol. The maximum atomic E-state index is 12.5. The Morgan fingerprint density at radius 3 is 2.35 bits per heavy atom. The van der Waals surface area contributed by atoms with Crippen molar-refractivity contribution in [2.24, 2.45) is 0 Å². The number of anilines is 1. The van der Waals surface area contributed by atoms with Crippen molar-refractivity contribution in [2.45, 2.75) is 30.4 Å². The molecule has 0 unspecified atom stereocenters. The van der Waals surface area contributed by atoms with Gasteiger partial charge in [-0.3, -0.25) is 14.9 Å². The highest BCUT2D eigenvalue weighted by Crippen LogP contribution is 2.36. The Bertz CT molecular complexity index is 724. The number of nitro benzene ring substituents is 1. The number of benzene rings is 2. The maximum absolute atomic E-state index is 12.5. The molecule has 0 heterocycles. The summed E-state index contributed by atoms with van der Waals surface area (Å²) in [6, 6.07) is 13.4. The van der Waals surface area contributed by atoms with E-state index >= 15 is 0 Å². The molecular weight excluding hydrogens is 312 g/mol. The summed E-state index contributed by atoms with van der Waals surface area (Å²) in [6.45, 7) is 5.99. The summed E-state index contributed by atoms with van der Waals surface area (Å²) in [6.07, 6.45) is 0. The van der Waals surface area contributed by atoms with E-state index in [1.54, 1.807) is 12.1 Å². The third kappa shape index (κ3) is 4.82. The van der Waals surface area contributed by atoms with E-state index in [4.69, 9.17) is 0 Å².